The summed E-state index contributed by atoms with van der Waals surface area (Å²) in [5, 5.41) is 16.3. The largest absolute Gasteiger partial charge is 0.481 e. The van der Waals surface area contributed by atoms with Gasteiger partial charge in [0, 0.05) is 24.3 Å². The van der Waals surface area contributed by atoms with Gasteiger partial charge in [0.15, 0.2) is 0 Å². The Morgan fingerprint density at radius 3 is 2.30 bits per heavy atom. The van der Waals surface area contributed by atoms with Gasteiger partial charge in [0.25, 0.3) is 5.91 Å². The Bertz CT molecular complexity index is 650. The van der Waals surface area contributed by atoms with Crippen molar-refractivity contribution in [1.29, 1.82) is 0 Å². The Morgan fingerprint density at radius 2 is 1.78 bits per heavy atom. The first-order valence-electron chi connectivity index (χ1n) is 7.43. The number of aliphatic carboxylic acids is 1. The van der Waals surface area contributed by atoms with E-state index in [2.05, 4.69) is 10.2 Å². The molecule has 1 N–H and O–H groups in total. The van der Waals surface area contributed by atoms with Gasteiger partial charge in [-0.1, -0.05) is 13.8 Å². The fourth-order valence-corrected chi connectivity index (χ4v) is 2.24. The van der Waals surface area contributed by atoms with E-state index in [0.29, 0.717) is 12.1 Å². The van der Waals surface area contributed by atoms with E-state index in [4.69, 9.17) is 5.11 Å². The van der Waals surface area contributed by atoms with Gasteiger partial charge in [-0.15, -0.1) is 10.2 Å². The summed E-state index contributed by atoms with van der Waals surface area (Å²) in [4.78, 5) is 25.0. The summed E-state index contributed by atoms with van der Waals surface area (Å²) in [6.45, 7) is 4.73. The van der Waals surface area contributed by atoms with E-state index in [1.807, 2.05) is 13.8 Å². The molecule has 23 heavy (non-hydrogen) atoms. The maximum atomic E-state index is 12.6. The van der Waals surface area contributed by atoms with Crippen molar-refractivity contribution < 1.29 is 14.7 Å². The molecular formula is C16H20N4O3. The third-order valence-electron chi connectivity index (χ3n) is 3.30. The third-order valence-corrected chi connectivity index (χ3v) is 3.30. The van der Waals surface area contributed by atoms with E-state index in [1.54, 1.807) is 46.4 Å². The molecule has 0 unspecified atom stereocenters. The average Bonchev–Trinajstić information content (AvgIpc) is 3.05. The number of benzene rings is 1. The summed E-state index contributed by atoms with van der Waals surface area (Å²) < 4.78 is 1.74. The maximum Gasteiger partial charge on any atom is 0.305 e. The van der Waals surface area contributed by atoms with Crippen LogP contribution in [0.2, 0.25) is 0 Å². The summed E-state index contributed by atoms with van der Waals surface area (Å²) in [7, 11) is 0. The van der Waals surface area contributed by atoms with E-state index in [9.17, 15) is 9.59 Å². The number of carbonyl (C=O) groups is 2. The highest BCUT2D eigenvalue weighted by atomic mass is 16.4. The molecule has 1 heterocycles. The van der Waals surface area contributed by atoms with Crippen LogP contribution in [0, 0.1) is 5.92 Å². The lowest BCUT2D eigenvalue weighted by molar-refractivity contribution is -0.137. The van der Waals surface area contributed by atoms with Gasteiger partial charge in [-0.3, -0.25) is 14.2 Å². The average molecular weight is 316 g/mol. The predicted octanol–water partition coefficient (Wildman–Crippen LogP) is 1.84. The standard InChI is InChI=1S/C16H20N4O3/c1-12(2)9-19(8-7-15(21)22)16(23)13-3-5-14(6-4-13)20-10-17-18-11-20/h3-6,10-12H,7-9H2,1-2H3,(H,21,22). The van der Waals surface area contributed by atoms with Gasteiger partial charge in [0.2, 0.25) is 0 Å². The van der Waals surface area contributed by atoms with E-state index in [-0.39, 0.29) is 24.8 Å². The molecule has 0 fully saturated rings. The van der Waals surface area contributed by atoms with Crippen molar-refractivity contribution in [3.63, 3.8) is 0 Å². The van der Waals surface area contributed by atoms with Crippen LogP contribution in [-0.2, 0) is 4.79 Å². The molecule has 1 aromatic carbocycles. The SMILES string of the molecule is CC(C)CN(CCC(=O)O)C(=O)c1ccc(-n2cnnc2)cc1. The smallest absolute Gasteiger partial charge is 0.305 e. The topological polar surface area (TPSA) is 88.3 Å². The Morgan fingerprint density at radius 1 is 1.17 bits per heavy atom. The second-order valence-electron chi connectivity index (χ2n) is 5.70. The van der Waals surface area contributed by atoms with Crippen LogP contribution in [0.1, 0.15) is 30.6 Å². The first-order chi connectivity index (χ1) is 11.0. The Labute approximate surface area is 134 Å². The number of carbonyl (C=O) groups excluding carboxylic acids is 1. The number of carboxylic acid groups (broad SMARTS) is 1. The lowest BCUT2D eigenvalue weighted by Gasteiger charge is -2.24. The first-order valence-corrected chi connectivity index (χ1v) is 7.43. The zero-order valence-electron chi connectivity index (χ0n) is 13.2. The molecule has 0 aliphatic rings. The molecule has 0 radical (unpaired) electrons. The molecule has 0 saturated carbocycles. The van der Waals surface area contributed by atoms with Crippen molar-refractivity contribution in [1.82, 2.24) is 19.7 Å². The van der Waals surface area contributed by atoms with Crippen LogP contribution in [0.5, 0.6) is 0 Å². The molecule has 0 saturated heterocycles. The predicted molar refractivity (Wildman–Crippen MR) is 84.4 cm³/mol. The molecule has 2 rings (SSSR count). The molecule has 0 bridgehead atoms. The van der Waals surface area contributed by atoms with Crippen LogP contribution < -0.4 is 0 Å². The third kappa shape index (κ3) is 4.64. The highest BCUT2D eigenvalue weighted by Gasteiger charge is 2.18. The van der Waals surface area contributed by atoms with Crippen LogP contribution >= 0.6 is 0 Å². The Hall–Kier alpha value is -2.70. The van der Waals surface area contributed by atoms with Gasteiger partial charge in [-0.25, -0.2) is 0 Å². The van der Waals surface area contributed by atoms with E-state index in [1.165, 1.54) is 0 Å². The Kier molecular flexibility index (Phi) is 5.46. The van der Waals surface area contributed by atoms with Gasteiger partial charge in [-0.2, -0.15) is 0 Å². The number of aromatic nitrogens is 3. The lowest BCUT2D eigenvalue weighted by Crippen LogP contribution is -2.36. The molecule has 1 amide bonds. The number of rotatable bonds is 7. The quantitative estimate of drug-likeness (QED) is 0.842. The van der Waals surface area contributed by atoms with Crippen molar-refractivity contribution >= 4 is 11.9 Å². The van der Waals surface area contributed by atoms with Crippen LogP contribution in [0.25, 0.3) is 5.69 Å². The van der Waals surface area contributed by atoms with Crippen LogP contribution in [0.15, 0.2) is 36.9 Å². The second-order valence-corrected chi connectivity index (χ2v) is 5.70. The summed E-state index contributed by atoms with van der Waals surface area (Å²) in [5.74, 6) is -0.797. The van der Waals surface area contributed by atoms with Crippen LogP contribution in [-0.4, -0.2) is 49.7 Å². The molecule has 0 spiro atoms. The normalized spacial score (nSPS) is 10.7. The fraction of sp³-hybridized carbons (Fsp3) is 0.375. The maximum absolute atomic E-state index is 12.6. The number of carboxylic acids is 1. The van der Waals surface area contributed by atoms with Gasteiger partial charge in [-0.05, 0) is 30.2 Å². The van der Waals surface area contributed by atoms with Gasteiger partial charge in [0.1, 0.15) is 12.7 Å². The highest BCUT2D eigenvalue weighted by Crippen LogP contribution is 2.12. The van der Waals surface area contributed by atoms with Crippen molar-refractivity contribution in [2.75, 3.05) is 13.1 Å². The molecular weight excluding hydrogens is 296 g/mol. The second kappa shape index (κ2) is 7.53. The number of hydrogen-bond acceptors (Lipinski definition) is 4. The van der Waals surface area contributed by atoms with Gasteiger partial charge < -0.3 is 10.0 Å². The van der Waals surface area contributed by atoms with E-state index in [0.717, 1.165) is 5.69 Å². The minimum atomic E-state index is -0.908. The van der Waals surface area contributed by atoms with Gasteiger partial charge in [0.05, 0.1) is 6.42 Å². The van der Waals surface area contributed by atoms with E-state index >= 15 is 0 Å². The van der Waals surface area contributed by atoms with Crippen LogP contribution in [0.3, 0.4) is 0 Å². The van der Waals surface area contributed by atoms with Crippen molar-refractivity contribution in [2.45, 2.75) is 20.3 Å². The van der Waals surface area contributed by atoms with E-state index < -0.39 is 5.97 Å². The number of hydrogen-bond donors (Lipinski definition) is 1. The van der Waals surface area contributed by atoms with Crippen LogP contribution in [0.4, 0.5) is 0 Å². The minimum Gasteiger partial charge on any atom is -0.481 e. The molecule has 1 aromatic heterocycles. The molecule has 2 aromatic rings. The monoisotopic (exact) mass is 316 g/mol. The van der Waals surface area contributed by atoms with Gasteiger partial charge >= 0.3 is 5.97 Å². The molecule has 0 aliphatic carbocycles. The van der Waals surface area contributed by atoms with Crippen molar-refractivity contribution in [3.8, 4) is 5.69 Å². The number of amides is 1. The number of nitrogens with zero attached hydrogens (tertiary/aromatic N) is 4. The zero-order chi connectivity index (χ0) is 16.8. The molecule has 0 aliphatic heterocycles. The zero-order valence-corrected chi connectivity index (χ0v) is 13.2. The molecule has 7 heteroatoms. The lowest BCUT2D eigenvalue weighted by atomic mass is 10.1. The molecule has 7 nitrogen and oxygen atoms in total. The Balaban J connectivity index is 2.13. The summed E-state index contributed by atoms with van der Waals surface area (Å²) in [6, 6.07) is 7.07. The molecule has 0 atom stereocenters. The fourth-order valence-electron chi connectivity index (χ4n) is 2.24. The minimum absolute atomic E-state index is 0.0583. The summed E-state index contributed by atoms with van der Waals surface area (Å²) in [5.41, 5.74) is 1.39. The first kappa shape index (κ1) is 16.7. The van der Waals surface area contributed by atoms with Crippen molar-refractivity contribution in [3.05, 3.63) is 42.5 Å². The summed E-state index contributed by atoms with van der Waals surface area (Å²) in [6.07, 6.45) is 3.10. The van der Waals surface area contributed by atoms with Crippen molar-refractivity contribution in [2.24, 2.45) is 5.92 Å². The molecule has 122 valence electrons. The highest BCUT2D eigenvalue weighted by molar-refractivity contribution is 5.94. The summed E-state index contributed by atoms with van der Waals surface area (Å²) >= 11 is 0.